The van der Waals surface area contributed by atoms with Crippen LogP contribution >= 0.6 is 0 Å². The number of Topliss-reactive ketones (excluding diaryl/α,β-unsaturated/α-hetero) is 1. The van der Waals surface area contributed by atoms with Crippen molar-refractivity contribution in [3.63, 3.8) is 0 Å². The van der Waals surface area contributed by atoms with E-state index in [1.165, 1.54) is 0 Å². The molecule has 3 heterocycles. The van der Waals surface area contributed by atoms with E-state index in [-0.39, 0.29) is 17.6 Å². The summed E-state index contributed by atoms with van der Waals surface area (Å²) in [6.45, 7) is 4.63. The maximum absolute atomic E-state index is 14.4. The minimum atomic E-state index is -0.521. The van der Waals surface area contributed by atoms with E-state index in [1.54, 1.807) is 21.1 Å². The molecule has 1 fully saturated rings. The van der Waals surface area contributed by atoms with Crippen LogP contribution in [0.4, 0.5) is 5.69 Å². The van der Waals surface area contributed by atoms with Crippen LogP contribution in [0, 0.1) is 0 Å². The second-order valence-electron chi connectivity index (χ2n) is 10.6. The van der Waals surface area contributed by atoms with Crippen molar-refractivity contribution in [2.45, 2.75) is 25.3 Å². The van der Waals surface area contributed by atoms with Gasteiger partial charge in [0.2, 0.25) is 5.91 Å². The largest absolute Gasteiger partial charge is 0.493 e. The highest BCUT2D eigenvalue weighted by molar-refractivity contribution is 6.01. The van der Waals surface area contributed by atoms with E-state index in [0.29, 0.717) is 61.8 Å². The summed E-state index contributed by atoms with van der Waals surface area (Å²) in [5, 5.41) is 0. The summed E-state index contributed by atoms with van der Waals surface area (Å²) >= 11 is 0. The number of ketones is 1. The minimum Gasteiger partial charge on any atom is -0.493 e. The number of methoxy groups -OCH3 is 2. The first-order valence-corrected chi connectivity index (χ1v) is 13.7. The van der Waals surface area contributed by atoms with E-state index in [4.69, 9.17) is 9.47 Å². The molecule has 3 aromatic rings. The number of anilines is 1. The molecule has 0 aromatic heterocycles. The van der Waals surface area contributed by atoms with Crippen LogP contribution in [-0.2, 0) is 11.2 Å². The SMILES string of the molecule is COc1cc2c(cc1OC)[C@H]1[C@H](C(=O)N3CCN(c4ccc(C(C)=O)cc4)CC3)c3ccccc3C(=O)N1CC2. The number of benzene rings is 3. The molecule has 40 heavy (non-hydrogen) atoms. The fourth-order valence-electron chi connectivity index (χ4n) is 6.41. The van der Waals surface area contributed by atoms with Gasteiger partial charge in [-0.05, 0) is 72.5 Å². The Morgan fingerprint density at radius 3 is 2.17 bits per heavy atom. The maximum Gasteiger partial charge on any atom is 0.254 e. The lowest BCUT2D eigenvalue weighted by Crippen LogP contribution is -2.54. The summed E-state index contributed by atoms with van der Waals surface area (Å²) < 4.78 is 11.2. The molecule has 1 saturated heterocycles. The molecule has 0 bridgehead atoms. The average Bonchev–Trinajstić information content (AvgIpc) is 3.00. The van der Waals surface area contributed by atoms with Crippen molar-refractivity contribution < 1.29 is 23.9 Å². The molecule has 0 saturated carbocycles. The first kappa shape index (κ1) is 25.9. The molecule has 8 heteroatoms. The molecule has 0 aliphatic carbocycles. The quantitative estimate of drug-likeness (QED) is 0.455. The Labute approximate surface area is 234 Å². The van der Waals surface area contributed by atoms with Gasteiger partial charge in [0.15, 0.2) is 17.3 Å². The van der Waals surface area contributed by atoms with Gasteiger partial charge in [-0.1, -0.05) is 18.2 Å². The van der Waals surface area contributed by atoms with Crippen molar-refractivity contribution in [2.24, 2.45) is 0 Å². The Morgan fingerprint density at radius 1 is 0.825 bits per heavy atom. The summed E-state index contributed by atoms with van der Waals surface area (Å²) in [5.41, 5.74) is 5.12. The lowest BCUT2D eigenvalue weighted by molar-refractivity contribution is -0.135. The lowest BCUT2D eigenvalue weighted by atomic mass is 9.75. The first-order valence-electron chi connectivity index (χ1n) is 13.7. The molecule has 2 atom stereocenters. The Hall–Kier alpha value is -4.33. The summed E-state index contributed by atoms with van der Waals surface area (Å²) in [6, 6.07) is 18.7. The predicted octanol–water partition coefficient (Wildman–Crippen LogP) is 4.09. The van der Waals surface area contributed by atoms with Crippen molar-refractivity contribution in [3.05, 3.63) is 88.5 Å². The van der Waals surface area contributed by atoms with Gasteiger partial charge in [0.1, 0.15) is 0 Å². The fourth-order valence-corrected chi connectivity index (χ4v) is 6.41. The highest BCUT2D eigenvalue weighted by atomic mass is 16.5. The van der Waals surface area contributed by atoms with Crippen LogP contribution in [0.5, 0.6) is 11.5 Å². The maximum atomic E-state index is 14.4. The molecule has 8 nitrogen and oxygen atoms in total. The van der Waals surface area contributed by atoms with Crippen LogP contribution in [0.25, 0.3) is 0 Å². The van der Waals surface area contributed by atoms with Crippen LogP contribution in [0.3, 0.4) is 0 Å². The zero-order chi connectivity index (χ0) is 28.0. The number of amides is 2. The summed E-state index contributed by atoms with van der Waals surface area (Å²) in [7, 11) is 3.21. The monoisotopic (exact) mass is 539 g/mol. The van der Waals surface area contributed by atoms with Crippen LogP contribution in [0.1, 0.15) is 56.3 Å². The molecular formula is C32H33N3O5. The third-order valence-electron chi connectivity index (χ3n) is 8.52. The van der Waals surface area contributed by atoms with E-state index in [2.05, 4.69) is 4.90 Å². The Kier molecular flexibility index (Phi) is 6.70. The molecule has 3 aromatic carbocycles. The molecule has 3 aliphatic rings. The van der Waals surface area contributed by atoms with Gasteiger partial charge >= 0.3 is 0 Å². The topological polar surface area (TPSA) is 79.4 Å². The van der Waals surface area contributed by atoms with Crippen molar-refractivity contribution in [1.29, 1.82) is 0 Å². The van der Waals surface area contributed by atoms with E-state index < -0.39 is 12.0 Å². The van der Waals surface area contributed by atoms with Crippen molar-refractivity contribution in [1.82, 2.24) is 9.80 Å². The number of nitrogens with zero attached hydrogens (tertiary/aromatic N) is 3. The molecule has 0 spiro atoms. The molecule has 0 radical (unpaired) electrons. The number of hydrogen-bond acceptors (Lipinski definition) is 6. The Morgan fingerprint density at radius 2 is 1.50 bits per heavy atom. The van der Waals surface area contributed by atoms with Crippen LogP contribution in [0.15, 0.2) is 60.7 Å². The number of carbonyl (C=O) groups excluding carboxylic acids is 3. The second kappa shape index (κ2) is 10.3. The third-order valence-corrected chi connectivity index (χ3v) is 8.52. The second-order valence-corrected chi connectivity index (χ2v) is 10.6. The zero-order valence-electron chi connectivity index (χ0n) is 23.1. The molecular weight excluding hydrogens is 506 g/mol. The van der Waals surface area contributed by atoms with Gasteiger partial charge < -0.3 is 24.2 Å². The van der Waals surface area contributed by atoms with Gasteiger partial charge in [0, 0.05) is 49.5 Å². The highest BCUT2D eigenvalue weighted by Crippen LogP contribution is 2.49. The van der Waals surface area contributed by atoms with Crippen molar-refractivity contribution in [2.75, 3.05) is 51.8 Å². The standard InChI is InChI=1S/C32H33N3O5/c1-20(36)21-8-10-23(11-9-21)33-14-16-34(17-15-33)32(38)29-24-6-4-5-7-25(24)31(37)35-13-12-22-18-27(39-2)28(40-3)19-26(22)30(29)35/h4-11,18-19,29-30H,12-17H2,1-3H3/t29-,30+/m1/s1. The molecule has 3 aliphatic heterocycles. The van der Waals surface area contributed by atoms with Crippen LogP contribution in [0.2, 0.25) is 0 Å². The predicted molar refractivity (Wildman–Crippen MR) is 151 cm³/mol. The van der Waals surface area contributed by atoms with Gasteiger partial charge in [-0.25, -0.2) is 0 Å². The normalized spacial score (nSPS) is 19.9. The van der Waals surface area contributed by atoms with Gasteiger partial charge in [0.25, 0.3) is 5.91 Å². The number of hydrogen-bond donors (Lipinski definition) is 0. The summed E-state index contributed by atoms with van der Waals surface area (Å²) in [4.78, 5) is 45.8. The first-order chi connectivity index (χ1) is 19.4. The molecule has 0 unspecified atom stereocenters. The van der Waals surface area contributed by atoms with Crippen LogP contribution in [-0.4, -0.2) is 74.3 Å². The number of fused-ring (bicyclic) bond motifs is 4. The number of ether oxygens (including phenoxy) is 2. The van der Waals surface area contributed by atoms with Gasteiger partial charge in [0.05, 0.1) is 26.2 Å². The molecule has 6 rings (SSSR count). The molecule has 206 valence electrons. The molecule has 2 amide bonds. The Balaban J connectivity index is 1.32. The summed E-state index contributed by atoms with van der Waals surface area (Å²) in [6.07, 6.45) is 0.683. The Bertz CT molecular complexity index is 1480. The van der Waals surface area contributed by atoms with Crippen molar-refractivity contribution in [3.8, 4) is 11.5 Å². The lowest BCUT2D eigenvalue weighted by Gasteiger charge is -2.47. The van der Waals surface area contributed by atoms with Crippen LogP contribution < -0.4 is 14.4 Å². The van der Waals surface area contributed by atoms with E-state index in [9.17, 15) is 14.4 Å². The van der Waals surface area contributed by atoms with E-state index in [0.717, 1.165) is 22.4 Å². The molecule has 0 N–H and O–H groups in total. The van der Waals surface area contributed by atoms with Gasteiger partial charge in [-0.2, -0.15) is 0 Å². The average molecular weight is 540 g/mol. The number of carbonyl (C=O) groups is 3. The smallest absolute Gasteiger partial charge is 0.254 e. The van der Waals surface area contributed by atoms with E-state index >= 15 is 0 Å². The van der Waals surface area contributed by atoms with Gasteiger partial charge in [-0.3, -0.25) is 14.4 Å². The number of rotatable bonds is 5. The minimum absolute atomic E-state index is 0.0316. The van der Waals surface area contributed by atoms with Crippen molar-refractivity contribution >= 4 is 23.3 Å². The third kappa shape index (κ3) is 4.28. The van der Waals surface area contributed by atoms with Gasteiger partial charge in [-0.15, -0.1) is 0 Å². The highest BCUT2D eigenvalue weighted by Gasteiger charge is 2.48. The zero-order valence-corrected chi connectivity index (χ0v) is 23.1. The van der Waals surface area contributed by atoms with E-state index in [1.807, 2.05) is 70.5 Å². The number of piperazine rings is 1. The fraction of sp³-hybridized carbons (Fsp3) is 0.344. The summed E-state index contributed by atoms with van der Waals surface area (Å²) in [5.74, 6) is 0.751.